The predicted molar refractivity (Wildman–Crippen MR) is 52.9 cm³/mol. The molecule has 0 saturated heterocycles. The Bertz CT molecular complexity index is 391. The van der Waals surface area contributed by atoms with Crippen LogP contribution in [0.25, 0.3) is 10.6 Å². The monoisotopic (exact) mass is 189 g/mol. The Hall–Kier alpha value is -1.48. The number of aromatic nitrogens is 1. The summed E-state index contributed by atoms with van der Waals surface area (Å²) in [7, 11) is 0. The molecule has 0 aliphatic rings. The Morgan fingerprint density at radius 2 is 2.23 bits per heavy atom. The summed E-state index contributed by atoms with van der Waals surface area (Å²) in [6, 6.07) is 7.62. The standard InChI is InChI=1S/C10H7NOS/c12-7-8-3-4-9(11-6-8)10-2-1-5-13-10/h1-7H. The molecule has 0 radical (unpaired) electrons. The van der Waals surface area contributed by atoms with Crippen molar-refractivity contribution in [2.75, 3.05) is 0 Å². The molecule has 0 saturated carbocycles. The van der Waals surface area contributed by atoms with Gasteiger partial charge in [-0.2, -0.15) is 0 Å². The summed E-state index contributed by atoms with van der Waals surface area (Å²) in [5.74, 6) is 0. The number of thiophene rings is 1. The van der Waals surface area contributed by atoms with Gasteiger partial charge in [-0.05, 0) is 23.6 Å². The summed E-state index contributed by atoms with van der Waals surface area (Å²) in [6.07, 6.45) is 2.38. The van der Waals surface area contributed by atoms with Crippen molar-refractivity contribution in [3.8, 4) is 10.6 Å². The van der Waals surface area contributed by atoms with E-state index in [1.54, 1.807) is 23.6 Å². The van der Waals surface area contributed by atoms with Crippen LogP contribution in [0.4, 0.5) is 0 Å². The third-order valence-corrected chi connectivity index (χ3v) is 2.59. The number of hydrogen-bond donors (Lipinski definition) is 0. The van der Waals surface area contributed by atoms with Gasteiger partial charge in [-0.25, -0.2) is 0 Å². The summed E-state index contributed by atoms with van der Waals surface area (Å²) < 4.78 is 0. The molecular weight excluding hydrogens is 182 g/mol. The molecule has 0 aliphatic carbocycles. The highest BCUT2D eigenvalue weighted by Gasteiger charge is 1.98. The maximum absolute atomic E-state index is 10.4. The molecular formula is C10H7NOS. The van der Waals surface area contributed by atoms with Crippen molar-refractivity contribution in [1.82, 2.24) is 4.98 Å². The maximum atomic E-state index is 10.4. The van der Waals surface area contributed by atoms with Crippen molar-refractivity contribution in [3.63, 3.8) is 0 Å². The SMILES string of the molecule is O=Cc1ccc(-c2cccs2)nc1. The van der Waals surface area contributed by atoms with Crippen molar-refractivity contribution in [2.24, 2.45) is 0 Å². The van der Waals surface area contributed by atoms with Crippen molar-refractivity contribution in [2.45, 2.75) is 0 Å². The first kappa shape index (κ1) is 8.13. The minimum absolute atomic E-state index is 0.611. The number of hydrogen-bond acceptors (Lipinski definition) is 3. The fourth-order valence-corrected chi connectivity index (χ4v) is 1.75. The Balaban J connectivity index is 2.38. The zero-order chi connectivity index (χ0) is 9.10. The van der Waals surface area contributed by atoms with Crippen LogP contribution >= 0.6 is 11.3 Å². The van der Waals surface area contributed by atoms with Crippen LogP contribution in [0.1, 0.15) is 10.4 Å². The number of carbonyl (C=O) groups excluding carboxylic acids is 1. The van der Waals surface area contributed by atoms with Crippen molar-refractivity contribution in [1.29, 1.82) is 0 Å². The average molecular weight is 189 g/mol. The van der Waals surface area contributed by atoms with E-state index in [4.69, 9.17) is 0 Å². The lowest BCUT2D eigenvalue weighted by Gasteiger charge is -1.95. The number of pyridine rings is 1. The molecule has 2 aromatic rings. The molecule has 2 heterocycles. The fraction of sp³-hybridized carbons (Fsp3) is 0. The number of aldehydes is 1. The lowest BCUT2D eigenvalue weighted by molar-refractivity contribution is 0.112. The van der Waals surface area contributed by atoms with E-state index in [0.717, 1.165) is 16.9 Å². The smallest absolute Gasteiger partial charge is 0.151 e. The third kappa shape index (κ3) is 1.65. The second-order valence-electron chi connectivity index (χ2n) is 2.57. The molecule has 0 unspecified atom stereocenters. The molecule has 2 aromatic heterocycles. The highest BCUT2D eigenvalue weighted by atomic mass is 32.1. The summed E-state index contributed by atoms with van der Waals surface area (Å²) in [5, 5.41) is 2.00. The van der Waals surface area contributed by atoms with Crippen LogP contribution in [0.15, 0.2) is 35.8 Å². The van der Waals surface area contributed by atoms with Crippen LogP contribution in [-0.4, -0.2) is 11.3 Å². The largest absolute Gasteiger partial charge is 0.298 e. The summed E-state index contributed by atoms with van der Waals surface area (Å²) in [4.78, 5) is 15.7. The molecule has 0 aliphatic heterocycles. The highest BCUT2D eigenvalue weighted by Crippen LogP contribution is 2.21. The lowest BCUT2D eigenvalue weighted by atomic mass is 10.2. The zero-order valence-corrected chi connectivity index (χ0v) is 7.62. The highest BCUT2D eigenvalue weighted by molar-refractivity contribution is 7.13. The normalized spacial score (nSPS) is 9.85. The van der Waals surface area contributed by atoms with Crippen LogP contribution in [0.3, 0.4) is 0 Å². The second-order valence-corrected chi connectivity index (χ2v) is 3.52. The van der Waals surface area contributed by atoms with Crippen LogP contribution in [0.5, 0.6) is 0 Å². The molecule has 0 bridgehead atoms. The zero-order valence-electron chi connectivity index (χ0n) is 6.81. The maximum Gasteiger partial charge on any atom is 0.151 e. The van der Waals surface area contributed by atoms with Gasteiger partial charge in [0.1, 0.15) is 0 Å². The summed E-state index contributed by atoms with van der Waals surface area (Å²) in [5.41, 5.74) is 1.53. The predicted octanol–water partition coefficient (Wildman–Crippen LogP) is 2.62. The molecule has 3 heteroatoms. The van der Waals surface area contributed by atoms with Crippen LogP contribution in [0.2, 0.25) is 0 Å². The molecule has 64 valence electrons. The molecule has 2 nitrogen and oxygen atoms in total. The minimum atomic E-state index is 0.611. The Kier molecular flexibility index (Phi) is 2.19. The minimum Gasteiger partial charge on any atom is -0.298 e. The van der Waals surface area contributed by atoms with Gasteiger partial charge in [0.25, 0.3) is 0 Å². The third-order valence-electron chi connectivity index (χ3n) is 1.70. The van der Waals surface area contributed by atoms with E-state index in [-0.39, 0.29) is 0 Å². The fourth-order valence-electron chi connectivity index (χ4n) is 1.05. The average Bonchev–Trinajstić information content (AvgIpc) is 2.71. The van der Waals surface area contributed by atoms with Crippen molar-refractivity contribution in [3.05, 3.63) is 41.4 Å². The Labute approximate surface area is 79.9 Å². The molecule has 13 heavy (non-hydrogen) atoms. The van der Waals surface area contributed by atoms with Crippen molar-refractivity contribution >= 4 is 17.6 Å². The molecule has 2 rings (SSSR count). The van der Waals surface area contributed by atoms with Crippen molar-refractivity contribution < 1.29 is 4.79 Å². The van der Waals surface area contributed by atoms with Gasteiger partial charge in [0.2, 0.25) is 0 Å². The van der Waals surface area contributed by atoms with E-state index in [9.17, 15) is 4.79 Å². The first-order valence-corrected chi connectivity index (χ1v) is 4.73. The Morgan fingerprint density at radius 3 is 2.77 bits per heavy atom. The van der Waals surface area contributed by atoms with E-state index in [2.05, 4.69) is 4.98 Å². The van der Waals surface area contributed by atoms with Gasteiger partial charge in [-0.15, -0.1) is 11.3 Å². The number of rotatable bonds is 2. The molecule has 0 atom stereocenters. The van der Waals surface area contributed by atoms with Gasteiger partial charge < -0.3 is 0 Å². The molecule has 0 amide bonds. The Morgan fingerprint density at radius 1 is 1.31 bits per heavy atom. The van der Waals surface area contributed by atoms with E-state index in [1.165, 1.54) is 0 Å². The van der Waals surface area contributed by atoms with Crippen LogP contribution < -0.4 is 0 Å². The molecule has 0 N–H and O–H groups in total. The summed E-state index contributed by atoms with van der Waals surface area (Å²) >= 11 is 1.64. The van der Waals surface area contributed by atoms with Gasteiger partial charge in [-0.3, -0.25) is 9.78 Å². The van der Waals surface area contributed by atoms with E-state index in [0.29, 0.717) is 5.56 Å². The number of nitrogens with zero attached hydrogens (tertiary/aromatic N) is 1. The van der Waals surface area contributed by atoms with Gasteiger partial charge in [0.15, 0.2) is 6.29 Å². The molecule has 0 spiro atoms. The number of carbonyl (C=O) groups is 1. The summed E-state index contributed by atoms with van der Waals surface area (Å²) in [6.45, 7) is 0. The van der Waals surface area contributed by atoms with E-state index in [1.807, 2.05) is 23.6 Å². The van der Waals surface area contributed by atoms with Gasteiger partial charge >= 0.3 is 0 Å². The lowest BCUT2D eigenvalue weighted by Crippen LogP contribution is -1.83. The van der Waals surface area contributed by atoms with E-state index < -0.39 is 0 Å². The van der Waals surface area contributed by atoms with Gasteiger partial charge in [-0.1, -0.05) is 6.07 Å². The topological polar surface area (TPSA) is 30.0 Å². The molecule has 0 aromatic carbocycles. The second kappa shape index (κ2) is 3.49. The van der Waals surface area contributed by atoms with E-state index >= 15 is 0 Å². The first-order chi connectivity index (χ1) is 6.40. The quantitative estimate of drug-likeness (QED) is 0.680. The van der Waals surface area contributed by atoms with Crippen LogP contribution in [0, 0.1) is 0 Å². The van der Waals surface area contributed by atoms with Gasteiger partial charge in [0, 0.05) is 11.8 Å². The first-order valence-electron chi connectivity index (χ1n) is 3.85. The molecule has 0 fully saturated rings. The van der Waals surface area contributed by atoms with Gasteiger partial charge in [0.05, 0.1) is 10.6 Å². The van der Waals surface area contributed by atoms with Crippen LogP contribution in [-0.2, 0) is 0 Å².